The second-order valence-electron chi connectivity index (χ2n) is 15.5. The molecule has 2 atom stereocenters. The molecule has 2 heteroatoms. The Morgan fingerprint density at radius 3 is 2.15 bits per heavy atom. The maximum absolute atomic E-state index is 6.23. The average Bonchev–Trinajstić information content (AvgIpc) is 3.63. The number of fused-ring (bicyclic) bond motifs is 4. The van der Waals surface area contributed by atoms with Crippen LogP contribution in [0.5, 0.6) is 0 Å². The van der Waals surface area contributed by atoms with Crippen molar-refractivity contribution in [2.45, 2.75) is 50.9 Å². The number of anilines is 2. The number of hydrogen-bond acceptors (Lipinski definition) is 2. The zero-order chi connectivity index (χ0) is 36.7. The largest absolute Gasteiger partial charge is 0.456 e. The fourth-order valence-corrected chi connectivity index (χ4v) is 9.37. The molecule has 1 heterocycles. The smallest absolute Gasteiger partial charge is 0.135 e. The van der Waals surface area contributed by atoms with Crippen molar-refractivity contribution in [1.82, 2.24) is 0 Å². The summed E-state index contributed by atoms with van der Waals surface area (Å²) >= 11 is 0. The summed E-state index contributed by atoms with van der Waals surface area (Å²) in [7, 11) is 0. The van der Waals surface area contributed by atoms with E-state index < -0.39 is 0 Å². The first-order valence-corrected chi connectivity index (χ1v) is 20.1. The summed E-state index contributed by atoms with van der Waals surface area (Å²) in [5.74, 6) is 1.11. The minimum atomic E-state index is 0.187. The van der Waals surface area contributed by atoms with Gasteiger partial charge in [-0.25, -0.2) is 0 Å². The van der Waals surface area contributed by atoms with Gasteiger partial charge in [-0.15, -0.1) is 0 Å². The van der Waals surface area contributed by atoms with Crippen LogP contribution in [0.15, 0.2) is 186 Å². The molecule has 1 aromatic heterocycles. The summed E-state index contributed by atoms with van der Waals surface area (Å²) in [6.45, 7) is 2.34. The fraction of sp³-hybridized carbons (Fsp3) is 0.170. The Labute approximate surface area is 324 Å². The van der Waals surface area contributed by atoms with Crippen LogP contribution < -0.4 is 4.90 Å². The number of rotatable bonds is 7. The van der Waals surface area contributed by atoms with Gasteiger partial charge in [0.15, 0.2) is 0 Å². The first-order valence-electron chi connectivity index (χ1n) is 20.1. The predicted octanol–water partition coefficient (Wildman–Crippen LogP) is 15.1. The molecule has 0 saturated heterocycles. The standard InChI is InChI=1S/C53H45NO/c1-36-26-30-43(35-48(36)41-29-33-52-49(34-41)46-21-9-11-25-51(46)55-52)54(42-31-27-38(28-32-42)37-14-4-2-5-15-37)50-24-10-8-20-45(50)47-23-13-19-40-18-12-22-44(53(40)47)39-16-6-3-7-17-39/h2,4-5,8-15,18-36,39,48H,3,6-7,16-17H2,1H3. The van der Waals surface area contributed by atoms with Gasteiger partial charge in [0.25, 0.3) is 0 Å². The first kappa shape index (κ1) is 33.4. The summed E-state index contributed by atoms with van der Waals surface area (Å²) in [4.78, 5) is 2.49. The minimum Gasteiger partial charge on any atom is -0.456 e. The number of allylic oxidation sites excluding steroid dienone is 3. The second-order valence-corrected chi connectivity index (χ2v) is 15.5. The number of benzene rings is 7. The van der Waals surface area contributed by atoms with Crippen LogP contribution in [-0.4, -0.2) is 0 Å². The van der Waals surface area contributed by atoms with Crippen LogP contribution in [0.1, 0.15) is 62.0 Å². The SMILES string of the molecule is CC1C=CC(N(c2ccc(-c3ccccc3)cc2)c2ccccc2-c2cccc3cccc(C4CCCCC4)c23)=CC1c1ccc2oc3ccccc3c2c1. The maximum Gasteiger partial charge on any atom is 0.135 e. The van der Waals surface area contributed by atoms with Crippen molar-refractivity contribution in [3.63, 3.8) is 0 Å². The topological polar surface area (TPSA) is 16.4 Å². The molecule has 0 amide bonds. The molecule has 0 radical (unpaired) electrons. The van der Waals surface area contributed by atoms with E-state index >= 15 is 0 Å². The van der Waals surface area contributed by atoms with E-state index in [1.54, 1.807) is 0 Å². The summed E-state index contributed by atoms with van der Waals surface area (Å²) in [6, 6.07) is 57.8. The Hall–Kier alpha value is -6.12. The third-order valence-corrected chi connectivity index (χ3v) is 12.2. The number of furan rings is 1. The summed E-state index contributed by atoms with van der Waals surface area (Å²) < 4.78 is 6.23. The molecular weight excluding hydrogens is 667 g/mol. The van der Waals surface area contributed by atoms with Gasteiger partial charge in [0.2, 0.25) is 0 Å². The van der Waals surface area contributed by atoms with Crippen LogP contribution in [0.2, 0.25) is 0 Å². The van der Waals surface area contributed by atoms with Crippen LogP contribution in [0.25, 0.3) is 55.0 Å². The summed E-state index contributed by atoms with van der Waals surface area (Å²) in [5, 5.41) is 5.07. The predicted molar refractivity (Wildman–Crippen MR) is 232 cm³/mol. The van der Waals surface area contributed by atoms with Crippen molar-refractivity contribution in [2.75, 3.05) is 4.90 Å². The molecule has 10 rings (SSSR count). The molecule has 0 spiro atoms. The fourth-order valence-electron chi connectivity index (χ4n) is 9.37. The van der Waals surface area contributed by atoms with Gasteiger partial charge in [-0.3, -0.25) is 0 Å². The average molecular weight is 712 g/mol. The van der Waals surface area contributed by atoms with Crippen LogP contribution in [0.3, 0.4) is 0 Å². The number of para-hydroxylation sites is 2. The van der Waals surface area contributed by atoms with Crippen molar-refractivity contribution in [2.24, 2.45) is 5.92 Å². The molecule has 0 N–H and O–H groups in total. The number of hydrogen-bond donors (Lipinski definition) is 0. The Morgan fingerprint density at radius 1 is 0.582 bits per heavy atom. The van der Waals surface area contributed by atoms with Crippen molar-refractivity contribution >= 4 is 44.1 Å². The Balaban J connectivity index is 1.14. The minimum absolute atomic E-state index is 0.187. The zero-order valence-corrected chi connectivity index (χ0v) is 31.4. The van der Waals surface area contributed by atoms with Gasteiger partial charge in [-0.2, -0.15) is 0 Å². The lowest BCUT2D eigenvalue weighted by atomic mass is 9.80. The lowest BCUT2D eigenvalue weighted by Crippen LogP contribution is -2.21. The van der Waals surface area contributed by atoms with Gasteiger partial charge in [-0.1, -0.05) is 160 Å². The maximum atomic E-state index is 6.23. The molecule has 2 unspecified atom stereocenters. The van der Waals surface area contributed by atoms with Gasteiger partial charge in [0.1, 0.15) is 11.2 Å². The van der Waals surface area contributed by atoms with Crippen LogP contribution >= 0.6 is 0 Å². The van der Waals surface area contributed by atoms with Gasteiger partial charge >= 0.3 is 0 Å². The van der Waals surface area contributed by atoms with E-state index in [4.69, 9.17) is 4.42 Å². The Kier molecular flexibility index (Phi) is 8.68. The van der Waals surface area contributed by atoms with Crippen molar-refractivity contribution < 1.29 is 4.42 Å². The molecule has 268 valence electrons. The van der Waals surface area contributed by atoms with E-state index in [9.17, 15) is 0 Å². The van der Waals surface area contributed by atoms with E-state index in [-0.39, 0.29) is 5.92 Å². The van der Waals surface area contributed by atoms with E-state index in [2.05, 4.69) is 182 Å². The van der Waals surface area contributed by atoms with Crippen molar-refractivity contribution in [3.8, 4) is 22.3 Å². The molecular formula is C53H45NO. The van der Waals surface area contributed by atoms with Gasteiger partial charge < -0.3 is 9.32 Å². The molecule has 8 aromatic rings. The Morgan fingerprint density at radius 2 is 1.29 bits per heavy atom. The zero-order valence-electron chi connectivity index (χ0n) is 31.4. The summed E-state index contributed by atoms with van der Waals surface area (Å²) in [6.07, 6.45) is 13.7. The van der Waals surface area contributed by atoms with Gasteiger partial charge in [0, 0.05) is 33.6 Å². The van der Waals surface area contributed by atoms with Crippen LogP contribution in [0.4, 0.5) is 11.4 Å². The van der Waals surface area contributed by atoms with Gasteiger partial charge in [0.05, 0.1) is 5.69 Å². The second kappa shape index (κ2) is 14.3. The molecule has 1 fully saturated rings. The quantitative estimate of drug-likeness (QED) is 0.164. The first-order chi connectivity index (χ1) is 27.2. The normalized spacial score (nSPS) is 17.5. The number of nitrogens with zero attached hydrogens (tertiary/aromatic N) is 1. The van der Waals surface area contributed by atoms with Crippen molar-refractivity contribution in [1.29, 1.82) is 0 Å². The van der Waals surface area contributed by atoms with Crippen molar-refractivity contribution in [3.05, 3.63) is 193 Å². The molecule has 0 bridgehead atoms. The lowest BCUT2D eigenvalue weighted by molar-refractivity contribution is 0.445. The van der Waals surface area contributed by atoms with Gasteiger partial charge in [-0.05, 0) is 106 Å². The highest BCUT2D eigenvalue weighted by Gasteiger charge is 2.27. The molecule has 2 aliphatic rings. The highest BCUT2D eigenvalue weighted by molar-refractivity contribution is 6.05. The molecule has 2 aliphatic carbocycles. The highest BCUT2D eigenvalue weighted by Crippen LogP contribution is 2.46. The van der Waals surface area contributed by atoms with Crippen LogP contribution in [0, 0.1) is 5.92 Å². The third-order valence-electron chi connectivity index (χ3n) is 12.2. The molecule has 0 aliphatic heterocycles. The van der Waals surface area contributed by atoms with E-state index in [1.165, 1.54) is 98.4 Å². The van der Waals surface area contributed by atoms with E-state index in [0.29, 0.717) is 11.8 Å². The van der Waals surface area contributed by atoms with E-state index in [0.717, 1.165) is 16.9 Å². The molecule has 55 heavy (non-hydrogen) atoms. The molecule has 7 aromatic carbocycles. The lowest BCUT2D eigenvalue weighted by Gasteiger charge is -2.33. The van der Waals surface area contributed by atoms with E-state index in [1.807, 2.05) is 6.07 Å². The monoisotopic (exact) mass is 711 g/mol. The third kappa shape index (κ3) is 6.16. The molecule has 2 nitrogen and oxygen atoms in total. The highest BCUT2D eigenvalue weighted by atomic mass is 16.3. The Bertz CT molecular complexity index is 2700. The summed E-state index contributed by atoms with van der Waals surface area (Å²) in [5.41, 5.74) is 13.2. The molecule has 1 saturated carbocycles. The van der Waals surface area contributed by atoms with Crippen LogP contribution in [-0.2, 0) is 0 Å².